The molecule has 0 amide bonds. The second kappa shape index (κ2) is 7.34. The van der Waals surface area contributed by atoms with E-state index in [4.69, 9.17) is 0 Å². The van der Waals surface area contributed by atoms with E-state index in [9.17, 15) is 20.1 Å². The van der Waals surface area contributed by atoms with Gasteiger partial charge in [-0.2, -0.15) is 0 Å². The third-order valence-corrected chi connectivity index (χ3v) is 13.1. The summed E-state index contributed by atoms with van der Waals surface area (Å²) in [6, 6.07) is 0. The predicted octanol–water partition coefficient (Wildman–Crippen LogP) is 6.21. The van der Waals surface area contributed by atoms with E-state index in [0.717, 1.165) is 64.2 Å². The van der Waals surface area contributed by atoms with Crippen LogP contribution >= 0.6 is 0 Å². The summed E-state index contributed by atoms with van der Waals surface area (Å²) in [6.07, 6.45) is 11.4. The van der Waals surface area contributed by atoms with Gasteiger partial charge in [-0.15, -0.1) is 0 Å². The van der Waals surface area contributed by atoms with Gasteiger partial charge in [0.05, 0.1) is 11.5 Å². The van der Waals surface area contributed by atoms with Crippen molar-refractivity contribution in [3.63, 3.8) is 0 Å². The first-order valence-corrected chi connectivity index (χ1v) is 13.9. The van der Waals surface area contributed by atoms with E-state index in [1.165, 1.54) is 5.57 Å². The molecule has 3 N–H and O–H groups in total. The molecular formula is C30H48O4. The molecule has 0 radical (unpaired) electrons. The highest BCUT2D eigenvalue weighted by Gasteiger charge is 2.70. The second-order valence-electron chi connectivity index (χ2n) is 14.9. The van der Waals surface area contributed by atoms with Gasteiger partial charge in [0, 0.05) is 12.0 Å². The molecule has 0 aromatic carbocycles. The van der Waals surface area contributed by atoms with Gasteiger partial charge in [0.2, 0.25) is 0 Å². The van der Waals surface area contributed by atoms with Crippen molar-refractivity contribution < 1.29 is 20.1 Å². The summed E-state index contributed by atoms with van der Waals surface area (Å²) in [5, 5.41) is 32.4. The van der Waals surface area contributed by atoms with Crippen molar-refractivity contribution in [3.8, 4) is 0 Å². The van der Waals surface area contributed by atoms with Gasteiger partial charge in [0.15, 0.2) is 0 Å². The van der Waals surface area contributed by atoms with Crippen LogP contribution < -0.4 is 0 Å². The zero-order chi connectivity index (χ0) is 24.9. The maximum absolute atomic E-state index is 12.8. The largest absolute Gasteiger partial charge is 0.481 e. The van der Waals surface area contributed by atoms with Crippen LogP contribution in [0.4, 0.5) is 0 Å². The zero-order valence-corrected chi connectivity index (χ0v) is 22.4. The van der Waals surface area contributed by atoms with Crippen molar-refractivity contribution in [2.24, 2.45) is 50.2 Å². The van der Waals surface area contributed by atoms with Crippen LogP contribution in [-0.2, 0) is 4.79 Å². The zero-order valence-electron chi connectivity index (χ0n) is 22.4. The summed E-state index contributed by atoms with van der Waals surface area (Å²) in [4.78, 5) is 12.8. The second-order valence-corrected chi connectivity index (χ2v) is 14.9. The van der Waals surface area contributed by atoms with Gasteiger partial charge in [0.25, 0.3) is 0 Å². The molecule has 5 aliphatic rings. The number of hydrogen-bond acceptors (Lipinski definition) is 3. The van der Waals surface area contributed by atoms with E-state index in [2.05, 4.69) is 47.6 Å². The normalized spacial score (nSPS) is 51.2. The Balaban J connectivity index is 1.62. The molecule has 0 aromatic heterocycles. The Bertz CT molecular complexity index is 903. The molecule has 4 saturated carbocycles. The molecule has 192 valence electrons. The van der Waals surface area contributed by atoms with Crippen molar-refractivity contribution in [2.45, 2.75) is 112 Å². The van der Waals surface area contributed by atoms with Crippen molar-refractivity contribution in [2.75, 3.05) is 6.61 Å². The first kappa shape index (κ1) is 24.8. The average molecular weight is 473 g/mol. The fourth-order valence-corrected chi connectivity index (χ4v) is 10.6. The standard InChI is InChI=1S/C30H48O4/c1-25(2)13-15-29(24(33)34)16-14-27(5)19(20(29)17-25)7-8-22-28(27,6)11-9-21-26(3,4)23(32)10-12-30(21,22)18-31/h7,20-23,31-32H,8-18H2,1-6H3,(H,33,34)/t20-,21-,22-,23-,27+,28+,29-,30?/m0/s1. The highest BCUT2D eigenvalue weighted by atomic mass is 16.4. The molecule has 4 fully saturated rings. The number of rotatable bonds is 2. The number of aliphatic hydroxyl groups excluding tert-OH is 2. The summed E-state index contributed by atoms with van der Waals surface area (Å²) in [7, 11) is 0. The lowest BCUT2D eigenvalue weighted by Crippen LogP contribution is -2.66. The minimum atomic E-state index is -0.604. The molecule has 5 aliphatic carbocycles. The van der Waals surface area contributed by atoms with Gasteiger partial charge < -0.3 is 15.3 Å². The summed E-state index contributed by atoms with van der Waals surface area (Å²) < 4.78 is 0. The molecule has 34 heavy (non-hydrogen) atoms. The molecule has 8 atom stereocenters. The van der Waals surface area contributed by atoms with Crippen LogP contribution in [0.3, 0.4) is 0 Å². The molecular weight excluding hydrogens is 424 g/mol. The van der Waals surface area contributed by atoms with E-state index in [0.29, 0.717) is 11.8 Å². The van der Waals surface area contributed by atoms with Gasteiger partial charge in [0.1, 0.15) is 0 Å². The third kappa shape index (κ3) is 2.88. The maximum Gasteiger partial charge on any atom is 0.310 e. The maximum atomic E-state index is 12.8. The van der Waals surface area contributed by atoms with E-state index < -0.39 is 11.4 Å². The smallest absolute Gasteiger partial charge is 0.310 e. The number of aliphatic hydroxyl groups is 2. The first-order valence-electron chi connectivity index (χ1n) is 13.9. The van der Waals surface area contributed by atoms with Crippen LogP contribution in [0.1, 0.15) is 106 Å². The molecule has 5 rings (SSSR count). The Hall–Kier alpha value is -0.870. The predicted molar refractivity (Wildman–Crippen MR) is 134 cm³/mol. The lowest BCUT2D eigenvalue weighted by atomic mass is 9.33. The molecule has 4 heteroatoms. The van der Waals surface area contributed by atoms with Gasteiger partial charge >= 0.3 is 5.97 Å². The van der Waals surface area contributed by atoms with Crippen LogP contribution in [0, 0.1) is 50.2 Å². The number of carboxylic acid groups (broad SMARTS) is 1. The SMILES string of the molecule is CC1(C)CC[C@]2(C(=O)O)CC[C@]3(C)C(=CC[C@@H]4C5(CO)CC[C@H](O)C(C)(C)[C@@H]5CC[C@]43C)[C@@H]2C1. The Morgan fingerprint density at radius 3 is 2.26 bits per heavy atom. The summed E-state index contributed by atoms with van der Waals surface area (Å²) in [6.45, 7) is 14.2. The van der Waals surface area contributed by atoms with Crippen LogP contribution in [0.15, 0.2) is 11.6 Å². The van der Waals surface area contributed by atoms with Crippen LogP contribution in [0.5, 0.6) is 0 Å². The average Bonchev–Trinajstić information content (AvgIpc) is 2.76. The molecule has 1 unspecified atom stereocenters. The number of allylic oxidation sites excluding steroid dienone is 2. The van der Waals surface area contributed by atoms with Gasteiger partial charge in [-0.1, -0.05) is 53.2 Å². The summed E-state index contributed by atoms with van der Waals surface area (Å²) >= 11 is 0. The van der Waals surface area contributed by atoms with E-state index in [-0.39, 0.29) is 45.7 Å². The van der Waals surface area contributed by atoms with Crippen LogP contribution in [-0.4, -0.2) is 34.0 Å². The van der Waals surface area contributed by atoms with E-state index in [1.54, 1.807) is 0 Å². The van der Waals surface area contributed by atoms with Crippen molar-refractivity contribution >= 4 is 5.97 Å². The third-order valence-electron chi connectivity index (χ3n) is 13.1. The quantitative estimate of drug-likeness (QED) is 0.418. The molecule has 0 bridgehead atoms. The number of fused-ring (bicyclic) bond motifs is 7. The Labute approximate surface area is 206 Å². The van der Waals surface area contributed by atoms with Crippen LogP contribution in [0.2, 0.25) is 0 Å². The lowest BCUT2D eigenvalue weighted by Gasteiger charge is -2.71. The van der Waals surface area contributed by atoms with Crippen molar-refractivity contribution in [3.05, 3.63) is 11.6 Å². The number of aliphatic carboxylic acids is 1. The fraction of sp³-hybridized carbons (Fsp3) is 0.900. The molecule has 4 nitrogen and oxygen atoms in total. The molecule has 0 heterocycles. The van der Waals surface area contributed by atoms with Crippen LogP contribution in [0.25, 0.3) is 0 Å². The van der Waals surface area contributed by atoms with Crippen molar-refractivity contribution in [1.82, 2.24) is 0 Å². The molecule has 0 aliphatic heterocycles. The Morgan fingerprint density at radius 1 is 0.941 bits per heavy atom. The monoisotopic (exact) mass is 472 g/mol. The summed E-state index contributed by atoms with van der Waals surface area (Å²) in [5.41, 5.74) is 0.677. The van der Waals surface area contributed by atoms with Crippen molar-refractivity contribution in [1.29, 1.82) is 0 Å². The van der Waals surface area contributed by atoms with E-state index in [1.807, 2.05) is 0 Å². The fourth-order valence-electron chi connectivity index (χ4n) is 10.6. The molecule has 0 aromatic rings. The Kier molecular flexibility index (Phi) is 5.36. The van der Waals surface area contributed by atoms with Gasteiger partial charge in [-0.25, -0.2) is 0 Å². The summed E-state index contributed by atoms with van der Waals surface area (Å²) in [5.74, 6) is 0.235. The van der Waals surface area contributed by atoms with Gasteiger partial charge in [-0.3, -0.25) is 4.79 Å². The number of carboxylic acids is 1. The highest BCUT2D eigenvalue weighted by Crippen LogP contribution is 2.75. The van der Waals surface area contributed by atoms with Gasteiger partial charge in [-0.05, 0) is 104 Å². The molecule has 0 saturated heterocycles. The minimum absolute atomic E-state index is 0.0275. The first-order chi connectivity index (χ1) is 15.7. The van der Waals surface area contributed by atoms with E-state index >= 15 is 0 Å². The number of hydrogen-bond donors (Lipinski definition) is 3. The lowest BCUT2D eigenvalue weighted by molar-refractivity contribution is -0.223. The number of carbonyl (C=O) groups is 1. The minimum Gasteiger partial charge on any atom is -0.481 e. The highest BCUT2D eigenvalue weighted by molar-refractivity contribution is 5.76. The Morgan fingerprint density at radius 2 is 1.62 bits per heavy atom. The molecule has 0 spiro atoms. The topological polar surface area (TPSA) is 77.8 Å².